The molecule has 2 bridgehead atoms. The van der Waals surface area contributed by atoms with E-state index in [9.17, 15) is 15.3 Å². The van der Waals surface area contributed by atoms with Gasteiger partial charge in [-0.15, -0.1) is 0 Å². The molecule has 1 aromatic carbocycles. The molecule has 6 nitrogen and oxygen atoms in total. The maximum atomic E-state index is 13.5. The van der Waals surface area contributed by atoms with E-state index in [0.717, 1.165) is 17.7 Å². The first kappa shape index (κ1) is 17.2. The van der Waals surface area contributed by atoms with E-state index in [-0.39, 0.29) is 23.2 Å². The number of nitrogens with zero attached hydrogens (tertiary/aromatic N) is 4. The molecule has 27 heavy (non-hydrogen) atoms. The van der Waals surface area contributed by atoms with Crippen LogP contribution in [0.4, 0.5) is 5.69 Å². The molecule has 0 saturated heterocycles. The summed E-state index contributed by atoms with van der Waals surface area (Å²) in [6.07, 6.45) is 1.47. The minimum Gasteiger partial charge on any atom is -0.325 e. The van der Waals surface area contributed by atoms with Crippen molar-refractivity contribution in [2.24, 2.45) is 5.41 Å². The number of fused-ring (bicyclic) bond motifs is 5. The molecule has 1 aromatic heterocycles. The summed E-state index contributed by atoms with van der Waals surface area (Å²) in [5.74, 6) is -0.0795. The summed E-state index contributed by atoms with van der Waals surface area (Å²) < 4.78 is 0. The Labute approximate surface area is 157 Å². The number of carbonyl (C=O) groups excluding carboxylic acids is 1. The van der Waals surface area contributed by atoms with Gasteiger partial charge in [-0.3, -0.25) is 4.79 Å². The quantitative estimate of drug-likeness (QED) is 0.888. The second-order valence-electron chi connectivity index (χ2n) is 7.92. The van der Waals surface area contributed by atoms with Crippen molar-refractivity contribution in [3.05, 3.63) is 52.6 Å². The molecule has 1 N–H and O–H groups in total. The van der Waals surface area contributed by atoms with Crippen LogP contribution in [0.25, 0.3) is 0 Å². The van der Waals surface area contributed by atoms with Crippen molar-refractivity contribution >= 4 is 11.6 Å². The Morgan fingerprint density at radius 1 is 1.15 bits per heavy atom. The van der Waals surface area contributed by atoms with Gasteiger partial charge >= 0.3 is 0 Å². The molecule has 134 valence electrons. The van der Waals surface area contributed by atoms with Crippen LogP contribution in [0.3, 0.4) is 0 Å². The van der Waals surface area contributed by atoms with Crippen molar-refractivity contribution in [2.75, 3.05) is 5.32 Å². The Morgan fingerprint density at radius 2 is 1.78 bits per heavy atom. The van der Waals surface area contributed by atoms with Gasteiger partial charge in [-0.1, -0.05) is 31.5 Å². The SMILES string of the molecule is Cc1ccc(NC(=O)C23CCC(c4nc(C#N)c(C#N)nc42)C3(C)C)cc1. The van der Waals surface area contributed by atoms with E-state index >= 15 is 0 Å². The van der Waals surface area contributed by atoms with Crippen molar-refractivity contribution in [1.82, 2.24) is 9.97 Å². The number of hydrogen-bond acceptors (Lipinski definition) is 5. The minimum absolute atomic E-state index is 0.0119. The van der Waals surface area contributed by atoms with Gasteiger partial charge in [0.15, 0.2) is 11.4 Å². The number of hydrogen-bond donors (Lipinski definition) is 1. The second kappa shape index (κ2) is 5.62. The first-order valence-corrected chi connectivity index (χ1v) is 8.96. The minimum atomic E-state index is -0.857. The molecule has 2 aromatic rings. The molecule has 0 radical (unpaired) electrons. The zero-order chi connectivity index (χ0) is 19.4. The van der Waals surface area contributed by atoms with E-state index in [1.54, 1.807) is 0 Å². The van der Waals surface area contributed by atoms with Crippen LogP contribution in [0.1, 0.15) is 60.9 Å². The maximum Gasteiger partial charge on any atom is 0.237 e. The molecule has 2 unspecified atom stereocenters. The number of amides is 1. The molecule has 0 aliphatic heterocycles. The number of anilines is 1. The average molecular weight is 357 g/mol. The van der Waals surface area contributed by atoms with Crippen LogP contribution in [-0.2, 0) is 10.2 Å². The third kappa shape index (κ3) is 2.13. The van der Waals surface area contributed by atoms with Crippen LogP contribution in [-0.4, -0.2) is 15.9 Å². The van der Waals surface area contributed by atoms with Crippen LogP contribution >= 0.6 is 0 Å². The number of aromatic nitrogens is 2. The fourth-order valence-electron chi connectivity index (χ4n) is 4.79. The largest absolute Gasteiger partial charge is 0.325 e. The van der Waals surface area contributed by atoms with Crippen molar-refractivity contribution < 1.29 is 4.79 Å². The maximum absolute atomic E-state index is 13.5. The lowest BCUT2D eigenvalue weighted by molar-refractivity contribution is -0.124. The molecule has 0 spiro atoms. The molecule has 2 atom stereocenters. The van der Waals surface area contributed by atoms with Gasteiger partial charge < -0.3 is 5.32 Å². The lowest BCUT2D eigenvalue weighted by atomic mass is 9.67. The van der Waals surface area contributed by atoms with Gasteiger partial charge in [0, 0.05) is 11.6 Å². The first-order valence-electron chi connectivity index (χ1n) is 8.96. The van der Waals surface area contributed by atoms with E-state index in [1.165, 1.54) is 0 Å². The Kier molecular flexibility index (Phi) is 3.58. The number of benzene rings is 1. The van der Waals surface area contributed by atoms with Gasteiger partial charge in [0.1, 0.15) is 12.1 Å². The van der Waals surface area contributed by atoms with Crippen molar-refractivity contribution in [3.8, 4) is 12.1 Å². The second-order valence-corrected chi connectivity index (χ2v) is 7.92. The highest BCUT2D eigenvalue weighted by molar-refractivity contribution is 6.01. The predicted molar refractivity (Wildman–Crippen MR) is 98.7 cm³/mol. The van der Waals surface area contributed by atoms with E-state index in [1.807, 2.05) is 43.3 Å². The number of aryl methyl sites for hydroxylation is 1. The molecule has 1 amide bonds. The highest BCUT2D eigenvalue weighted by Gasteiger charge is 2.68. The van der Waals surface area contributed by atoms with Crippen LogP contribution in [0.5, 0.6) is 0 Å². The molecule has 1 fully saturated rings. The van der Waals surface area contributed by atoms with E-state index in [4.69, 9.17) is 0 Å². The topological polar surface area (TPSA) is 102 Å². The fraction of sp³-hybridized carbons (Fsp3) is 0.381. The third-order valence-corrected chi connectivity index (χ3v) is 6.35. The first-order chi connectivity index (χ1) is 12.8. The zero-order valence-corrected chi connectivity index (χ0v) is 15.5. The normalized spacial score (nSPS) is 24.0. The van der Waals surface area contributed by atoms with Gasteiger partial charge in [-0.05, 0) is 37.3 Å². The molecule has 1 heterocycles. The molecule has 1 saturated carbocycles. The predicted octanol–water partition coefficient (Wildman–Crippen LogP) is 3.32. The van der Waals surface area contributed by atoms with Crippen molar-refractivity contribution in [2.45, 2.75) is 44.9 Å². The molecular formula is C21H19N5O. The van der Waals surface area contributed by atoms with Gasteiger partial charge in [0.05, 0.1) is 16.8 Å². The summed E-state index contributed by atoms with van der Waals surface area (Å²) in [6, 6.07) is 11.6. The van der Waals surface area contributed by atoms with Gasteiger partial charge in [-0.2, -0.15) is 10.5 Å². The zero-order valence-electron chi connectivity index (χ0n) is 15.5. The number of rotatable bonds is 2. The van der Waals surface area contributed by atoms with Crippen LogP contribution in [0.2, 0.25) is 0 Å². The van der Waals surface area contributed by atoms with Gasteiger partial charge in [-0.25, -0.2) is 9.97 Å². The Balaban J connectivity index is 1.84. The fourth-order valence-corrected chi connectivity index (χ4v) is 4.79. The van der Waals surface area contributed by atoms with E-state index < -0.39 is 10.8 Å². The van der Waals surface area contributed by atoms with Crippen molar-refractivity contribution in [3.63, 3.8) is 0 Å². The number of nitriles is 2. The standard InChI is InChI=1S/C21H19N5O/c1-12-4-6-13(7-5-12)24-19(27)21-9-8-14(20(21,2)3)17-18(21)26-16(11-23)15(10-22)25-17/h4-7,14H,8-9H2,1-3H3,(H,24,27). The Morgan fingerprint density at radius 3 is 2.41 bits per heavy atom. The lowest BCUT2D eigenvalue weighted by Crippen LogP contribution is -2.46. The summed E-state index contributed by atoms with van der Waals surface area (Å²) in [4.78, 5) is 22.4. The van der Waals surface area contributed by atoms with E-state index in [2.05, 4.69) is 29.1 Å². The van der Waals surface area contributed by atoms with Crippen LogP contribution in [0.15, 0.2) is 24.3 Å². The molecule has 4 rings (SSSR count). The molecule has 6 heteroatoms. The Hall–Kier alpha value is -3.25. The van der Waals surface area contributed by atoms with Gasteiger partial charge in [0.2, 0.25) is 5.91 Å². The average Bonchev–Trinajstić information content (AvgIpc) is 3.04. The highest BCUT2D eigenvalue weighted by Crippen LogP contribution is 2.67. The highest BCUT2D eigenvalue weighted by atomic mass is 16.2. The monoisotopic (exact) mass is 357 g/mol. The smallest absolute Gasteiger partial charge is 0.237 e. The summed E-state index contributed by atoms with van der Waals surface area (Å²) >= 11 is 0. The van der Waals surface area contributed by atoms with Gasteiger partial charge in [0.25, 0.3) is 0 Å². The van der Waals surface area contributed by atoms with Crippen LogP contribution < -0.4 is 5.32 Å². The lowest BCUT2D eigenvalue weighted by Gasteiger charge is -2.36. The molecular weight excluding hydrogens is 338 g/mol. The number of carbonyl (C=O) groups is 1. The third-order valence-electron chi connectivity index (χ3n) is 6.35. The summed E-state index contributed by atoms with van der Waals surface area (Å²) in [5.41, 5.74) is 1.87. The van der Waals surface area contributed by atoms with Crippen molar-refractivity contribution in [1.29, 1.82) is 10.5 Å². The van der Waals surface area contributed by atoms with E-state index in [0.29, 0.717) is 17.8 Å². The molecule has 2 aliphatic rings. The number of nitrogens with one attached hydrogen (secondary N) is 1. The molecule has 2 aliphatic carbocycles. The summed E-state index contributed by atoms with van der Waals surface area (Å²) in [6.45, 7) is 6.11. The van der Waals surface area contributed by atoms with Crippen LogP contribution in [0, 0.1) is 35.0 Å². The Bertz CT molecular complexity index is 1040. The summed E-state index contributed by atoms with van der Waals surface area (Å²) in [7, 11) is 0. The summed E-state index contributed by atoms with van der Waals surface area (Å²) in [5, 5.41) is 21.7.